The Labute approximate surface area is 128 Å². The fourth-order valence-corrected chi connectivity index (χ4v) is 2.59. The molecule has 0 saturated carbocycles. The Hall–Kier alpha value is -0.840. The highest BCUT2D eigenvalue weighted by Gasteiger charge is 2.10. The number of unbranched alkanes of at least 4 members (excludes halogenated alkanes) is 2. The van der Waals surface area contributed by atoms with Crippen LogP contribution in [0.5, 0.6) is 0 Å². The van der Waals surface area contributed by atoms with Gasteiger partial charge in [-0.2, -0.15) is 0 Å². The number of benzene rings is 1. The highest BCUT2D eigenvalue weighted by molar-refractivity contribution is 9.10. The molecule has 2 aromatic rings. The van der Waals surface area contributed by atoms with Crippen molar-refractivity contribution in [1.82, 2.24) is 5.32 Å². The van der Waals surface area contributed by atoms with E-state index < -0.39 is 0 Å². The van der Waals surface area contributed by atoms with Gasteiger partial charge in [-0.1, -0.05) is 15.9 Å². The molecule has 2 rings (SSSR count). The maximum absolute atomic E-state index is 5.88. The van der Waals surface area contributed by atoms with Crippen LogP contribution in [0.4, 0.5) is 0 Å². The van der Waals surface area contributed by atoms with E-state index in [9.17, 15) is 0 Å². The molecule has 1 atom stereocenters. The van der Waals surface area contributed by atoms with Crippen LogP contribution in [0.2, 0.25) is 0 Å². The zero-order chi connectivity index (χ0) is 14.4. The number of hydrogen-bond acceptors (Lipinski definition) is 3. The zero-order valence-electron chi connectivity index (χ0n) is 12.1. The molecule has 0 amide bonds. The fraction of sp³-hybridized carbons (Fsp3) is 0.500. The first-order valence-electron chi connectivity index (χ1n) is 7.12. The van der Waals surface area contributed by atoms with Crippen molar-refractivity contribution in [2.75, 3.05) is 20.3 Å². The van der Waals surface area contributed by atoms with Crippen LogP contribution in [0.25, 0.3) is 11.0 Å². The van der Waals surface area contributed by atoms with Gasteiger partial charge >= 0.3 is 0 Å². The van der Waals surface area contributed by atoms with E-state index in [4.69, 9.17) is 9.15 Å². The smallest absolute Gasteiger partial charge is 0.134 e. The first-order valence-corrected chi connectivity index (χ1v) is 7.91. The van der Waals surface area contributed by atoms with Crippen molar-refractivity contribution in [3.63, 3.8) is 0 Å². The maximum Gasteiger partial charge on any atom is 0.134 e. The number of ether oxygens (including phenoxy) is 1. The van der Waals surface area contributed by atoms with Crippen LogP contribution in [-0.2, 0) is 4.74 Å². The molecular weight excluding hydrogens is 318 g/mol. The minimum absolute atomic E-state index is 0.239. The molecule has 0 radical (unpaired) electrons. The standard InChI is InChI=1S/C16H22BrNO2/c1-12(18-8-4-3-5-9-19-2)16-11-13-10-14(17)6-7-15(13)20-16/h6-7,10-12,18H,3-5,8-9H2,1-2H3. The summed E-state index contributed by atoms with van der Waals surface area (Å²) in [5, 5.41) is 4.65. The normalized spacial score (nSPS) is 12.9. The van der Waals surface area contributed by atoms with E-state index in [0.717, 1.165) is 40.8 Å². The van der Waals surface area contributed by atoms with Crippen molar-refractivity contribution in [1.29, 1.82) is 0 Å². The van der Waals surface area contributed by atoms with Gasteiger partial charge in [0.15, 0.2) is 0 Å². The van der Waals surface area contributed by atoms with Gasteiger partial charge in [-0.05, 0) is 57.0 Å². The summed E-state index contributed by atoms with van der Waals surface area (Å²) in [6.45, 7) is 4.00. The van der Waals surface area contributed by atoms with E-state index in [-0.39, 0.29) is 6.04 Å². The summed E-state index contributed by atoms with van der Waals surface area (Å²) in [5.74, 6) is 0.995. The number of nitrogens with one attached hydrogen (secondary N) is 1. The Morgan fingerprint density at radius 2 is 2.10 bits per heavy atom. The van der Waals surface area contributed by atoms with Crippen molar-refractivity contribution < 1.29 is 9.15 Å². The number of furan rings is 1. The molecule has 0 aliphatic carbocycles. The first-order chi connectivity index (χ1) is 9.70. The van der Waals surface area contributed by atoms with Gasteiger partial charge in [0.1, 0.15) is 11.3 Å². The topological polar surface area (TPSA) is 34.4 Å². The average Bonchev–Trinajstić information content (AvgIpc) is 2.85. The second-order valence-electron chi connectivity index (χ2n) is 5.06. The third kappa shape index (κ3) is 4.33. The molecule has 1 unspecified atom stereocenters. The molecule has 110 valence electrons. The molecule has 3 nitrogen and oxygen atoms in total. The summed E-state index contributed by atoms with van der Waals surface area (Å²) < 4.78 is 12.0. The molecule has 20 heavy (non-hydrogen) atoms. The van der Waals surface area contributed by atoms with Gasteiger partial charge in [0.25, 0.3) is 0 Å². The summed E-state index contributed by atoms with van der Waals surface area (Å²) in [7, 11) is 1.75. The number of fused-ring (bicyclic) bond motifs is 1. The summed E-state index contributed by atoms with van der Waals surface area (Å²) in [5.41, 5.74) is 0.942. The van der Waals surface area contributed by atoms with Gasteiger partial charge < -0.3 is 14.5 Å². The van der Waals surface area contributed by atoms with Gasteiger partial charge in [0.05, 0.1) is 6.04 Å². The first kappa shape index (κ1) is 15.5. The second kappa shape index (κ2) is 7.81. The van der Waals surface area contributed by atoms with Gasteiger partial charge in [-0.25, -0.2) is 0 Å². The van der Waals surface area contributed by atoms with Crippen molar-refractivity contribution in [3.8, 4) is 0 Å². The third-order valence-corrected chi connectivity index (χ3v) is 3.89. The lowest BCUT2D eigenvalue weighted by molar-refractivity contribution is 0.192. The van der Waals surface area contributed by atoms with Crippen LogP contribution in [-0.4, -0.2) is 20.3 Å². The predicted octanol–water partition coefficient (Wildman–Crippen LogP) is 4.66. The van der Waals surface area contributed by atoms with Crippen LogP contribution < -0.4 is 5.32 Å². The summed E-state index contributed by atoms with van der Waals surface area (Å²) in [4.78, 5) is 0. The van der Waals surface area contributed by atoms with Crippen molar-refractivity contribution in [2.24, 2.45) is 0 Å². The average molecular weight is 340 g/mol. The molecule has 1 N–H and O–H groups in total. The Balaban J connectivity index is 1.83. The Kier molecular flexibility index (Phi) is 6.07. The van der Waals surface area contributed by atoms with Crippen molar-refractivity contribution in [2.45, 2.75) is 32.2 Å². The molecule has 0 bridgehead atoms. The van der Waals surface area contributed by atoms with Crippen LogP contribution in [0.1, 0.15) is 38.0 Å². The van der Waals surface area contributed by atoms with Gasteiger partial charge in [-0.3, -0.25) is 0 Å². The SMILES string of the molecule is COCCCCCNC(C)c1cc2cc(Br)ccc2o1. The molecule has 0 fully saturated rings. The van der Waals surface area contributed by atoms with Gasteiger partial charge in [0, 0.05) is 23.6 Å². The quantitative estimate of drug-likeness (QED) is 0.710. The van der Waals surface area contributed by atoms with E-state index in [1.54, 1.807) is 7.11 Å². The molecule has 4 heteroatoms. The minimum atomic E-state index is 0.239. The summed E-state index contributed by atoms with van der Waals surface area (Å²) in [6.07, 6.45) is 3.49. The zero-order valence-corrected chi connectivity index (χ0v) is 13.7. The van der Waals surface area contributed by atoms with E-state index in [2.05, 4.69) is 40.3 Å². The van der Waals surface area contributed by atoms with Crippen molar-refractivity contribution in [3.05, 3.63) is 34.5 Å². The molecule has 1 aromatic carbocycles. The second-order valence-corrected chi connectivity index (χ2v) is 5.98. The highest BCUT2D eigenvalue weighted by Crippen LogP contribution is 2.26. The van der Waals surface area contributed by atoms with E-state index in [1.807, 2.05) is 12.1 Å². The minimum Gasteiger partial charge on any atom is -0.459 e. The Bertz CT molecular complexity index is 538. The van der Waals surface area contributed by atoms with Crippen LogP contribution >= 0.6 is 15.9 Å². The van der Waals surface area contributed by atoms with Gasteiger partial charge in [-0.15, -0.1) is 0 Å². The Morgan fingerprint density at radius 1 is 1.25 bits per heavy atom. The van der Waals surface area contributed by atoms with Crippen molar-refractivity contribution >= 4 is 26.9 Å². The third-order valence-electron chi connectivity index (χ3n) is 3.40. The number of methoxy groups -OCH3 is 1. The predicted molar refractivity (Wildman–Crippen MR) is 86.1 cm³/mol. The number of halogens is 1. The molecule has 0 aliphatic heterocycles. The van der Waals surface area contributed by atoms with Crippen LogP contribution in [0, 0.1) is 0 Å². The highest BCUT2D eigenvalue weighted by atomic mass is 79.9. The summed E-state index contributed by atoms with van der Waals surface area (Å²) >= 11 is 3.48. The van der Waals surface area contributed by atoms with E-state index >= 15 is 0 Å². The van der Waals surface area contributed by atoms with Crippen LogP contribution in [0.15, 0.2) is 33.2 Å². The Morgan fingerprint density at radius 3 is 2.90 bits per heavy atom. The van der Waals surface area contributed by atoms with Crippen LogP contribution in [0.3, 0.4) is 0 Å². The van der Waals surface area contributed by atoms with Gasteiger partial charge in [0.2, 0.25) is 0 Å². The fourth-order valence-electron chi connectivity index (χ4n) is 2.22. The largest absolute Gasteiger partial charge is 0.459 e. The molecule has 0 aliphatic rings. The number of hydrogen-bond donors (Lipinski definition) is 1. The maximum atomic E-state index is 5.88. The molecule has 1 aromatic heterocycles. The number of rotatable bonds is 8. The lowest BCUT2D eigenvalue weighted by atomic mass is 10.2. The lowest BCUT2D eigenvalue weighted by Crippen LogP contribution is -2.19. The van der Waals surface area contributed by atoms with E-state index in [0.29, 0.717) is 0 Å². The van der Waals surface area contributed by atoms with E-state index in [1.165, 1.54) is 12.8 Å². The molecule has 0 spiro atoms. The monoisotopic (exact) mass is 339 g/mol. The summed E-state index contributed by atoms with van der Waals surface area (Å²) in [6, 6.07) is 8.44. The molecular formula is C16H22BrNO2. The lowest BCUT2D eigenvalue weighted by Gasteiger charge is -2.10. The molecule has 1 heterocycles. The molecule has 0 saturated heterocycles.